The van der Waals surface area contributed by atoms with Crippen molar-refractivity contribution in [2.45, 2.75) is 32.2 Å². The van der Waals surface area contributed by atoms with Crippen molar-refractivity contribution in [3.05, 3.63) is 60.2 Å². The fourth-order valence-corrected chi connectivity index (χ4v) is 3.62. The van der Waals surface area contributed by atoms with Crippen molar-refractivity contribution in [2.24, 2.45) is 7.05 Å². The van der Waals surface area contributed by atoms with Gasteiger partial charge in [-0.2, -0.15) is 0 Å². The number of hydrogen-bond donors (Lipinski definition) is 1. The van der Waals surface area contributed by atoms with E-state index in [2.05, 4.69) is 35.8 Å². The molecule has 4 rings (SSSR count). The minimum Gasteiger partial charge on any atom is -0.337 e. The lowest BCUT2D eigenvalue weighted by Gasteiger charge is -2.32. The molecule has 1 aliphatic heterocycles. The third-order valence-corrected chi connectivity index (χ3v) is 4.99. The van der Waals surface area contributed by atoms with E-state index in [1.165, 1.54) is 6.42 Å². The summed E-state index contributed by atoms with van der Waals surface area (Å²) in [7, 11) is 2.05. The number of likely N-dealkylation sites (tertiary alicyclic amines) is 1. The lowest BCUT2D eigenvalue weighted by atomic mass is 9.94. The highest BCUT2D eigenvalue weighted by Gasteiger charge is 2.24. The van der Waals surface area contributed by atoms with Crippen LogP contribution in [0.25, 0.3) is 0 Å². The molecule has 0 saturated carbocycles. The van der Waals surface area contributed by atoms with Crippen LogP contribution in [0.4, 0.5) is 11.6 Å². The van der Waals surface area contributed by atoms with Gasteiger partial charge in [0.1, 0.15) is 23.3 Å². The van der Waals surface area contributed by atoms with Crippen LogP contribution in [0.1, 0.15) is 36.1 Å². The molecule has 3 aromatic heterocycles. The van der Waals surface area contributed by atoms with E-state index in [1.54, 1.807) is 6.20 Å². The van der Waals surface area contributed by atoms with Gasteiger partial charge in [-0.15, -0.1) is 0 Å². The van der Waals surface area contributed by atoms with Crippen molar-refractivity contribution >= 4 is 11.6 Å². The second-order valence-corrected chi connectivity index (χ2v) is 7.09. The van der Waals surface area contributed by atoms with Crippen molar-refractivity contribution in [3.8, 4) is 0 Å². The van der Waals surface area contributed by atoms with Gasteiger partial charge in [0.15, 0.2) is 0 Å². The maximum atomic E-state index is 4.73. The first-order valence-corrected chi connectivity index (χ1v) is 9.39. The molecule has 3 aromatic rings. The van der Waals surface area contributed by atoms with Crippen LogP contribution in [-0.4, -0.2) is 42.5 Å². The zero-order valence-electron chi connectivity index (χ0n) is 15.8. The van der Waals surface area contributed by atoms with Crippen molar-refractivity contribution in [3.63, 3.8) is 0 Å². The smallest absolute Gasteiger partial charge is 0.135 e. The zero-order valence-corrected chi connectivity index (χ0v) is 15.8. The average molecular weight is 363 g/mol. The van der Waals surface area contributed by atoms with Gasteiger partial charge >= 0.3 is 0 Å². The molecule has 0 aromatic carbocycles. The van der Waals surface area contributed by atoms with Crippen molar-refractivity contribution in [2.75, 3.05) is 18.4 Å². The monoisotopic (exact) mass is 363 g/mol. The molecule has 7 heteroatoms. The molecule has 0 aliphatic carbocycles. The Morgan fingerprint density at radius 1 is 1.15 bits per heavy atom. The number of piperidine rings is 1. The van der Waals surface area contributed by atoms with Gasteiger partial charge in [0.25, 0.3) is 0 Å². The molecule has 1 aliphatic rings. The number of nitrogens with zero attached hydrogens (tertiary/aromatic N) is 6. The molecular formula is C20H25N7. The Labute approximate surface area is 159 Å². The van der Waals surface area contributed by atoms with Crippen molar-refractivity contribution in [1.29, 1.82) is 0 Å². The van der Waals surface area contributed by atoms with E-state index in [0.29, 0.717) is 5.92 Å². The molecule has 0 spiro atoms. The molecule has 7 nitrogen and oxygen atoms in total. The summed E-state index contributed by atoms with van der Waals surface area (Å²) < 4.78 is 2.09. The first-order chi connectivity index (χ1) is 13.2. The van der Waals surface area contributed by atoms with Gasteiger partial charge < -0.3 is 9.88 Å². The Hall–Kier alpha value is -2.80. The number of pyridine rings is 1. The van der Waals surface area contributed by atoms with Gasteiger partial charge in [-0.25, -0.2) is 19.9 Å². The number of anilines is 2. The summed E-state index contributed by atoms with van der Waals surface area (Å²) in [6, 6.07) is 7.86. The van der Waals surface area contributed by atoms with Crippen LogP contribution in [0.2, 0.25) is 0 Å². The maximum Gasteiger partial charge on any atom is 0.135 e. The quantitative estimate of drug-likeness (QED) is 0.751. The number of imidazole rings is 1. The second kappa shape index (κ2) is 7.84. The van der Waals surface area contributed by atoms with E-state index in [0.717, 1.165) is 55.0 Å². The molecule has 1 fully saturated rings. The fraction of sp³-hybridized carbons (Fsp3) is 0.400. The van der Waals surface area contributed by atoms with Crippen LogP contribution in [-0.2, 0) is 13.6 Å². The SMILES string of the molecule is Cc1nc(Nc2ccccn2)cc(C2CCCN(Cc3nccn3C)C2)n1. The molecule has 1 atom stereocenters. The largest absolute Gasteiger partial charge is 0.337 e. The Bertz CT molecular complexity index is 890. The van der Waals surface area contributed by atoms with E-state index in [-0.39, 0.29) is 0 Å². The van der Waals surface area contributed by atoms with Crippen LogP contribution in [0, 0.1) is 6.92 Å². The van der Waals surface area contributed by atoms with Gasteiger partial charge in [0, 0.05) is 44.2 Å². The number of hydrogen-bond acceptors (Lipinski definition) is 6. The summed E-state index contributed by atoms with van der Waals surface area (Å²) in [5.41, 5.74) is 1.10. The van der Waals surface area contributed by atoms with E-state index >= 15 is 0 Å². The van der Waals surface area contributed by atoms with Gasteiger partial charge in [-0.3, -0.25) is 4.90 Å². The van der Waals surface area contributed by atoms with E-state index in [9.17, 15) is 0 Å². The number of aromatic nitrogens is 5. The maximum absolute atomic E-state index is 4.73. The van der Waals surface area contributed by atoms with Crippen LogP contribution >= 0.6 is 0 Å². The predicted molar refractivity (Wildman–Crippen MR) is 105 cm³/mol. The Kier molecular flexibility index (Phi) is 5.11. The molecule has 0 radical (unpaired) electrons. The van der Waals surface area contributed by atoms with Crippen LogP contribution in [0.3, 0.4) is 0 Å². The molecular weight excluding hydrogens is 338 g/mol. The summed E-state index contributed by atoms with van der Waals surface area (Å²) in [5, 5.41) is 3.29. The molecule has 0 amide bonds. The highest BCUT2D eigenvalue weighted by atomic mass is 15.2. The first-order valence-electron chi connectivity index (χ1n) is 9.39. The van der Waals surface area contributed by atoms with Gasteiger partial charge in [0.05, 0.1) is 12.2 Å². The molecule has 1 saturated heterocycles. The minimum absolute atomic E-state index is 0.407. The molecule has 1 unspecified atom stereocenters. The van der Waals surface area contributed by atoms with E-state index in [4.69, 9.17) is 4.98 Å². The third-order valence-electron chi connectivity index (χ3n) is 4.99. The van der Waals surface area contributed by atoms with E-state index in [1.807, 2.05) is 44.6 Å². The highest BCUT2D eigenvalue weighted by molar-refractivity contribution is 5.51. The Morgan fingerprint density at radius 2 is 2.07 bits per heavy atom. The molecule has 0 bridgehead atoms. The van der Waals surface area contributed by atoms with Crippen LogP contribution < -0.4 is 5.32 Å². The summed E-state index contributed by atoms with van der Waals surface area (Å²) >= 11 is 0. The summed E-state index contributed by atoms with van der Waals surface area (Å²) in [4.78, 5) is 20.5. The van der Waals surface area contributed by atoms with Gasteiger partial charge in [0.2, 0.25) is 0 Å². The van der Waals surface area contributed by atoms with Crippen molar-refractivity contribution in [1.82, 2.24) is 29.4 Å². The Balaban J connectivity index is 1.49. The lowest BCUT2D eigenvalue weighted by molar-refractivity contribution is 0.192. The third kappa shape index (κ3) is 4.31. The van der Waals surface area contributed by atoms with E-state index < -0.39 is 0 Å². The van der Waals surface area contributed by atoms with Gasteiger partial charge in [-0.05, 0) is 38.4 Å². The molecule has 27 heavy (non-hydrogen) atoms. The average Bonchev–Trinajstić information content (AvgIpc) is 3.07. The lowest BCUT2D eigenvalue weighted by Crippen LogP contribution is -2.35. The standard InChI is InChI=1S/C20H25N7/c1-15-23-17(12-19(24-15)25-18-7-3-4-8-21-18)16-6-5-10-27(13-16)14-20-22-9-11-26(20)2/h3-4,7-9,11-12,16H,5-6,10,13-14H2,1-2H3,(H,21,23,24,25). The number of nitrogens with one attached hydrogen (secondary N) is 1. The number of aryl methyl sites for hydroxylation is 2. The summed E-state index contributed by atoms with van der Waals surface area (Å²) in [6.07, 6.45) is 7.95. The van der Waals surface area contributed by atoms with Crippen LogP contribution in [0.5, 0.6) is 0 Å². The molecule has 140 valence electrons. The number of rotatable bonds is 5. The highest BCUT2D eigenvalue weighted by Crippen LogP contribution is 2.28. The second-order valence-electron chi connectivity index (χ2n) is 7.09. The summed E-state index contributed by atoms with van der Waals surface area (Å²) in [6.45, 7) is 4.92. The van der Waals surface area contributed by atoms with Crippen molar-refractivity contribution < 1.29 is 0 Å². The normalized spacial score (nSPS) is 17.8. The summed E-state index contributed by atoms with van der Waals surface area (Å²) in [5.74, 6) is 3.89. The molecule has 4 heterocycles. The minimum atomic E-state index is 0.407. The Morgan fingerprint density at radius 3 is 2.85 bits per heavy atom. The topological polar surface area (TPSA) is 71.8 Å². The van der Waals surface area contributed by atoms with Gasteiger partial charge in [-0.1, -0.05) is 6.07 Å². The predicted octanol–water partition coefficient (Wildman–Crippen LogP) is 3.04. The molecule has 1 N–H and O–H groups in total. The zero-order chi connectivity index (χ0) is 18.6. The first kappa shape index (κ1) is 17.6. The van der Waals surface area contributed by atoms with Crippen LogP contribution in [0.15, 0.2) is 42.9 Å². The fourth-order valence-electron chi connectivity index (χ4n) is 3.62.